The lowest BCUT2D eigenvalue weighted by atomic mass is 10.7. The lowest BCUT2D eigenvalue weighted by Crippen LogP contribution is -1.37. The lowest BCUT2D eigenvalue weighted by Gasteiger charge is -1.48. The molecule has 0 aliphatic heterocycles. The number of hydrogen-bond donors (Lipinski definition) is 0. The fraction of sp³-hybridized carbons (Fsp3) is 0. The molecule has 0 aliphatic carbocycles. The average molecular weight is 107 g/mol. The molecule has 1 unspecified atom stereocenters. The Morgan fingerprint density at radius 3 is 2.25 bits per heavy atom. The normalized spacial score (nSPS) is 7.25. The highest BCUT2D eigenvalue weighted by molar-refractivity contribution is 8.17. The van der Waals surface area contributed by atoms with E-state index >= 15 is 0 Å². The smallest absolute Gasteiger partial charge is 0.166 e. The summed E-state index contributed by atoms with van der Waals surface area (Å²) in [7, 11) is 3.33. The average Bonchev–Trinajstić information content (AvgIpc) is 1.37. The predicted molar refractivity (Wildman–Crippen MR) is 29.7 cm³/mol. The molecule has 4 heteroatoms. The van der Waals surface area contributed by atoms with E-state index < -0.39 is 0 Å². The topological polar surface area (TPSA) is 0 Å². The van der Waals surface area contributed by atoms with Crippen molar-refractivity contribution in [1.82, 2.24) is 0 Å². The Bertz CT molecular complexity index is 20.0. The van der Waals surface area contributed by atoms with Crippen LogP contribution in [-0.4, -0.2) is 6.72 Å². The minimum atomic E-state index is 0.920. The molecule has 0 saturated heterocycles. The summed E-state index contributed by atoms with van der Waals surface area (Å²) in [5.74, 6) is 0. The highest BCUT2D eigenvalue weighted by atomic mass is 32.4. The second-order valence-corrected chi connectivity index (χ2v) is 2.29. The van der Waals surface area contributed by atoms with Gasteiger partial charge >= 0.3 is 0 Å². The zero-order chi connectivity index (χ0) is 3.41. The zero-order valence-electron chi connectivity index (χ0n) is 2.01. The zero-order valence-corrected chi connectivity index (χ0v) is 4.88. The Balaban J connectivity index is 2.30. The second-order valence-electron chi connectivity index (χ2n) is 0.254. The van der Waals surface area contributed by atoms with Crippen LogP contribution < -0.4 is 0 Å². The fourth-order valence-electron chi connectivity index (χ4n) is 0. The van der Waals surface area contributed by atoms with Crippen molar-refractivity contribution in [3.05, 3.63) is 0 Å². The first-order valence-corrected chi connectivity index (χ1v) is 3.42. The van der Waals surface area contributed by atoms with Gasteiger partial charge in [-0.3, -0.25) is 0 Å². The first-order chi connectivity index (χ1) is 1.91. The summed E-state index contributed by atoms with van der Waals surface area (Å²) in [4.78, 5) is 0. The molecule has 0 rings (SSSR count). The van der Waals surface area contributed by atoms with Crippen LogP contribution in [0.3, 0.4) is 0 Å². The van der Waals surface area contributed by atoms with E-state index in [0.29, 0.717) is 0 Å². The molecule has 0 aromatic carbocycles. The minimum absolute atomic E-state index is 0.920. The maximum Gasteiger partial charge on any atom is 0.225 e. The highest BCUT2D eigenvalue weighted by Gasteiger charge is 1.56. The molecule has 0 bridgehead atoms. The van der Waals surface area contributed by atoms with Crippen LogP contribution in [0, 0.1) is 0 Å². The van der Waals surface area contributed by atoms with Gasteiger partial charge in [-0.15, -0.1) is 0 Å². The van der Waals surface area contributed by atoms with Gasteiger partial charge in [-0.2, -0.15) is 9.12 Å². The molecule has 1 radical (unpaired) electrons. The molecule has 1 atom stereocenters. The van der Waals surface area contributed by atoms with E-state index in [1.54, 1.807) is 0 Å². The third kappa shape index (κ3) is 3.01. The van der Waals surface area contributed by atoms with Gasteiger partial charge < -0.3 is 0 Å². The molecular formula is H2BP2S. The van der Waals surface area contributed by atoms with E-state index in [0.717, 1.165) is 7.23 Å². The van der Waals surface area contributed by atoms with Crippen molar-refractivity contribution in [1.29, 1.82) is 0 Å². The van der Waals surface area contributed by atoms with Gasteiger partial charge in [-0.05, 0) is 0 Å². The van der Waals surface area contributed by atoms with Crippen molar-refractivity contribution in [3.63, 3.8) is 0 Å². The van der Waals surface area contributed by atoms with E-state index in [1.807, 2.05) is 6.72 Å². The summed E-state index contributed by atoms with van der Waals surface area (Å²) in [5.41, 5.74) is 0. The lowest BCUT2D eigenvalue weighted by molar-refractivity contribution is 4.78. The van der Waals surface area contributed by atoms with Gasteiger partial charge in [0.2, 0.25) is 6.72 Å². The van der Waals surface area contributed by atoms with Crippen LogP contribution in [0.25, 0.3) is 0 Å². The number of hydrogen-bond acceptors (Lipinski definition) is 1. The van der Waals surface area contributed by atoms with E-state index in [1.165, 1.54) is 0 Å². The summed E-state index contributed by atoms with van der Waals surface area (Å²) in [5, 5.41) is 0. The summed E-state index contributed by atoms with van der Waals surface area (Å²) in [6.07, 6.45) is 0. The quantitative estimate of drug-likeness (QED) is 0.352. The first kappa shape index (κ1) is 5.01. The summed E-state index contributed by atoms with van der Waals surface area (Å²) in [6, 6.07) is 0. The monoisotopic (exact) mass is 107 g/mol. The van der Waals surface area contributed by atoms with Gasteiger partial charge in [0.25, 0.3) is 0 Å². The molecule has 0 saturated carbocycles. The molecule has 0 spiro atoms. The molecule has 0 fully saturated rings. The van der Waals surface area contributed by atoms with Crippen molar-refractivity contribution >= 4 is 34.9 Å². The third-order valence-electron chi connectivity index (χ3n) is 0.0609. The van der Waals surface area contributed by atoms with Gasteiger partial charge in [-0.25, -0.2) is 0 Å². The minimum Gasteiger partial charge on any atom is -0.166 e. The van der Waals surface area contributed by atoms with E-state index in [9.17, 15) is 0 Å². The Labute approximate surface area is 35.6 Å². The second kappa shape index (κ2) is 4.01. The standard InChI is InChI=1S/BH2P2S/c2-1-3-4/h2H2. The molecule has 0 aromatic rings. The SMILES string of the molecule is P[B]P=S. The largest absolute Gasteiger partial charge is 0.225 e. The van der Waals surface area contributed by atoms with Gasteiger partial charge in [0.15, 0.2) is 0 Å². The Morgan fingerprint density at radius 1 is 2.00 bits per heavy atom. The van der Waals surface area contributed by atoms with E-state index in [-0.39, 0.29) is 0 Å². The maximum absolute atomic E-state index is 4.45. The van der Waals surface area contributed by atoms with Crippen LogP contribution >= 0.6 is 16.4 Å². The molecule has 0 N–H and O–H groups in total. The fourth-order valence-corrected chi connectivity index (χ4v) is 0. The van der Waals surface area contributed by atoms with Crippen LogP contribution in [-0.2, 0) is 11.8 Å². The Hall–Kier alpha value is 1.01. The van der Waals surface area contributed by atoms with E-state index in [4.69, 9.17) is 0 Å². The van der Waals surface area contributed by atoms with Gasteiger partial charge in [-0.1, -0.05) is 19.0 Å². The van der Waals surface area contributed by atoms with Crippen LogP contribution in [0.15, 0.2) is 0 Å². The van der Waals surface area contributed by atoms with Crippen LogP contribution in [0.5, 0.6) is 0 Å². The molecule has 0 aliphatic rings. The highest BCUT2D eigenvalue weighted by Crippen LogP contribution is 1.89. The van der Waals surface area contributed by atoms with Crippen molar-refractivity contribution < 1.29 is 0 Å². The van der Waals surface area contributed by atoms with Crippen LogP contribution in [0.4, 0.5) is 0 Å². The van der Waals surface area contributed by atoms with Crippen LogP contribution in [0.1, 0.15) is 0 Å². The molecule has 0 nitrogen and oxygen atoms in total. The summed E-state index contributed by atoms with van der Waals surface area (Å²) in [6.45, 7) is 1.83. The van der Waals surface area contributed by atoms with Gasteiger partial charge in [0.1, 0.15) is 0 Å². The van der Waals surface area contributed by atoms with Gasteiger partial charge in [0.05, 0.1) is 0 Å². The Morgan fingerprint density at radius 2 is 2.25 bits per heavy atom. The van der Waals surface area contributed by atoms with Crippen molar-refractivity contribution in [2.24, 2.45) is 0 Å². The predicted octanol–water partition coefficient (Wildman–Crippen LogP) is 0.804. The van der Waals surface area contributed by atoms with Crippen molar-refractivity contribution in [3.8, 4) is 0 Å². The number of rotatable bonds is 1. The first-order valence-electron chi connectivity index (χ1n) is 0.774. The third-order valence-corrected chi connectivity index (χ3v) is 1.64. The summed E-state index contributed by atoms with van der Waals surface area (Å²) >= 11 is 4.45. The van der Waals surface area contributed by atoms with E-state index in [2.05, 4.69) is 20.9 Å². The Kier molecular flexibility index (Phi) is 5.03. The van der Waals surface area contributed by atoms with Crippen molar-refractivity contribution in [2.75, 3.05) is 0 Å². The molecule has 0 heterocycles. The molecule has 21 valence electrons. The summed E-state index contributed by atoms with van der Waals surface area (Å²) < 4.78 is 0. The maximum atomic E-state index is 4.45. The molecule has 0 amide bonds. The molecule has 0 aromatic heterocycles. The van der Waals surface area contributed by atoms with Gasteiger partial charge in [0, 0.05) is 0 Å². The molecule has 4 heavy (non-hydrogen) atoms. The molecular weight excluding hydrogens is 105 g/mol. The van der Waals surface area contributed by atoms with Crippen LogP contribution in [0.2, 0.25) is 0 Å². The van der Waals surface area contributed by atoms with Crippen molar-refractivity contribution in [2.45, 2.75) is 0 Å².